The van der Waals surface area contributed by atoms with Gasteiger partial charge in [-0.1, -0.05) is 60.7 Å². The van der Waals surface area contributed by atoms with Crippen LogP contribution >= 0.6 is 0 Å². The lowest BCUT2D eigenvalue weighted by Gasteiger charge is -2.10. The Hall–Kier alpha value is -3.91. The quantitative estimate of drug-likeness (QED) is 0.621. The third kappa shape index (κ3) is 5.78. The van der Waals surface area contributed by atoms with Crippen molar-refractivity contribution in [1.82, 2.24) is 0 Å². The van der Waals surface area contributed by atoms with E-state index in [4.69, 9.17) is 10.00 Å². The lowest BCUT2D eigenvalue weighted by molar-refractivity contribution is -0.119. The van der Waals surface area contributed by atoms with Gasteiger partial charge in [-0.05, 0) is 41.3 Å². The Morgan fingerprint density at radius 2 is 1.55 bits per heavy atom. The molecule has 0 saturated heterocycles. The van der Waals surface area contributed by atoms with Crippen molar-refractivity contribution in [3.05, 3.63) is 101 Å². The minimum Gasteiger partial charge on any atom is -0.452 e. The van der Waals surface area contributed by atoms with Crippen LogP contribution in [0.2, 0.25) is 0 Å². The van der Waals surface area contributed by atoms with E-state index in [1.54, 1.807) is 36.4 Å². The summed E-state index contributed by atoms with van der Waals surface area (Å²) in [5.74, 6) is -0.956. The first-order valence-corrected chi connectivity index (χ1v) is 9.20. The molecule has 5 heteroatoms. The minimum atomic E-state index is -0.531. The van der Waals surface area contributed by atoms with Gasteiger partial charge < -0.3 is 10.1 Å². The Bertz CT molecular complexity index is 1020. The van der Waals surface area contributed by atoms with E-state index in [1.165, 1.54) is 0 Å². The average Bonchev–Trinajstić information content (AvgIpc) is 2.75. The molecule has 0 aliphatic heterocycles. The summed E-state index contributed by atoms with van der Waals surface area (Å²) in [7, 11) is 0. The van der Waals surface area contributed by atoms with Crippen LogP contribution in [-0.2, 0) is 22.4 Å². The monoisotopic (exact) mass is 384 g/mol. The molecule has 3 aromatic carbocycles. The largest absolute Gasteiger partial charge is 0.452 e. The average molecular weight is 384 g/mol. The number of rotatable bonds is 7. The van der Waals surface area contributed by atoms with Crippen LogP contribution in [0, 0.1) is 11.3 Å². The number of nitriles is 1. The molecule has 0 aliphatic rings. The fourth-order valence-electron chi connectivity index (χ4n) is 2.89. The van der Waals surface area contributed by atoms with Crippen LogP contribution in [0.25, 0.3) is 0 Å². The zero-order valence-electron chi connectivity index (χ0n) is 15.8. The van der Waals surface area contributed by atoms with Crippen molar-refractivity contribution in [2.45, 2.75) is 12.8 Å². The van der Waals surface area contributed by atoms with Crippen molar-refractivity contribution in [3.8, 4) is 6.07 Å². The third-order valence-corrected chi connectivity index (χ3v) is 4.33. The third-order valence-electron chi connectivity index (χ3n) is 4.33. The molecule has 0 unspecified atom stereocenters. The van der Waals surface area contributed by atoms with E-state index in [9.17, 15) is 9.59 Å². The van der Waals surface area contributed by atoms with Crippen molar-refractivity contribution in [3.63, 3.8) is 0 Å². The van der Waals surface area contributed by atoms with Crippen molar-refractivity contribution < 1.29 is 14.3 Å². The first-order valence-electron chi connectivity index (χ1n) is 9.20. The van der Waals surface area contributed by atoms with Gasteiger partial charge in [-0.25, -0.2) is 4.79 Å². The van der Waals surface area contributed by atoms with Gasteiger partial charge in [0.1, 0.15) is 0 Å². The van der Waals surface area contributed by atoms with Crippen LogP contribution in [0.5, 0.6) is 0 Å². The summed E-state index contributed by atoms with van der Waals surface area (Å²) in [5, 5.41) is 11.4. The predicted octanol–water partition coefficient (Wildman–Crippen LogP) is 4.14. The number of nitrogens with zero attached hydrogens (tertiary/aromatic N) is 1. The summed E-state index contributed by atoms with van der Waals surface area (Å²) in [6.45, 7) is -0.377. The molecule has 29 heavy (non-hydrogen) atoms. The Kier molecular flexibility index (Phi) is 6.75. The molecule has 5 nitrogen and oxygen atoms in total. The van der Waals surface area contributed by atoms with Crippen molar-refractivity contribution in [1.29, 1.82) is 5.26 Å². The van der Waals surface area contributed by atoms with Gasteiger partial charge in [0, 0.05) is 5.69 Å². The van der Waals surface area contributed by atoms with Gasteiger partial charge in [-0.2, -0.15) is 5.26 Å². The second kappa shape index (κ2) is 9.86. The highest BCUT2D eigenvalue weighted by atomic mass is 16.5. The van der Waals surface area contributed by atoms with Gasteiger partial charge in [0.2, 0.25) is 0 Å². The SMILES string of the molecule is N#CCc1ccc(NC(=O)COC(=O)c2ccccc2Cc2ccccc2)cc1. The lowest BCUT2D eigenvalue weighted by Crippen LogP contribution is -2.21. The van der Waals surface area contributed by atoms with Crippen LogP contribution in [-0.4, -0.2) is 18.5 Å². The second-order valence-electron chi connectivity index (χ2n) is 6.48. The summed E-state index contributed by atoms with van der Waals surface area (Å²) < 4.78 is 5.21. The Balaban J connectivity index is 1.58. The summed E-state index contributed by atoms with van der Waals surface area (Å²) in [6.07, 6.45) is 0.918. The maximum Gasteiger partial charge on any atom is 0.338 e. The zero-order chi connectivity index (χ0) is 20.5. The first kappa shape index (κ1) is 19.8. The van der Waals surface area contributed by atoms with Gasteiger partial charge in [-0.3, -0.25) is 4.79 Å². The number of ether oxygens (including phenoxy) is 1. The maximum atomic E-state index is 12.5. The van der Waals surface area contributed by atoms with E-state index < -0.39 is 11.9 Å². The van der Waals surface area contributed by atoms with E-state index in [0.29, 0.717) is 24.1 Å². The van der Waals surface area contributed by atoms with Gasteiger partial charge in [-0.15, -0.1) is 0 Å². The molecule has 0 heterocycles. The number of carbonyl (C=O) groups is 2. The highest BCUT2D eigenvalue weighted by Crippen LogP contribution is 2.16. The molecule has 0 saturated carbocycles. The number of hydrogen-bond donors (Lipinski definition) is 1. The van der Waals surface area contributed by atoms with Crippen LogP contribution in [0.15, 0.2) is 78.9 Å². The second-order valence-corrected chi connectivity index (χ2v) is 6.48. The number of nitrogens with one attached hydrogen (secondary N) is 1. The lowest BCUT2D eigenvalue weighted by atomic mass is 10.00. The summed E-state index contributed by atoms with van der Waals surface area (Å²) in [5.41, 5.74) is 3.83. The number of hydrogen-bond acceptors (Lipinski definition) is 4. The molecular formula is C24H20N2O3. The highest BCUT2D eigenvalue weighted by Gasteiger charge is 2.14. The van der Waals surface area contributed by atoms with E-state index in [2.05, 4.69) is 11.4 Å². The Morgan fingerprint density at radius 1 is 0.862 bits per heavy atom. The predicted molar refractivity (Wildman–Crippen MR) is 110 cm³/mol. The topological polar surface area (TPSA) is 79.2 Å². The first-order chi connectivity index (χ1) is 14.2. The molecule has 0 aliphatic carbocycles. The fourth-order valence-corrected chi connectivity index (χ4v) is 2.89. The highest BCUT2D eigenvalue weighted by molar-refractivity contribution is 5.96. The van der Waals surface area contributed by atoms with Crippen molar-refractivity contribution >= 4 is 17.6 Å². The van der Waals surface area contributed by atoms with E-state index in [-0.39, 0.29) is 6.61 Å². The van der Waals surface area contributed by atoms with E-state index in [1.807, 2.05) is 42.5 Å². The number of esters is 1. The Labute approximate surface area is 169 Å². The zero-order valence-corrected chi connectivity index (χ0v) is 15.8. The fraction of sp³-hybridized carbons (Fsp3) is 0.125. The molecular weight excluding hydrogens is 364 g/mol. The maximum absolute atomic E-state index is 12.5. The summed E-state index contributed by atoms with van der Waals surface area (Å²) in [4.78, 5) is 24.6. The summed E-state index contributed by atoms with van der Waals surface area (Å²) in [6, 6.07) is 26.1. The van der Waals surface area contributed by atoms with Gasteiger partial charge in [0.15, 0.2) is 6.61 Å². The molecule has 0 fully saturated rings. The number of carbonyl (C=O) groups excluding carboxylic acids is 2. The van der Waals surface area contributed by atoms with Gasteiger partial charge in [0.05, 0.1) is 18.1 Å². The van der Waals surface area contributed by atoms with Gasteiger partial charge in [0.25, 0.3) is 5.91 Å². The number of anilines is 1. The molecule has 3 aromatic rings. The molecule has 3 rings (SSSR count). The molecule has 0 spiro atoms. The van der Waals surface area contributed by atoms with Crippen LogP contribution in [0.1, 0.15) is 27.0 Å². The molecule has 0 radical (unpaired) electrons. The summed E-state index contributed by atoms with van der Waals surface area (Å²) >= 11 is 0. The Morgan fingerprint density at radius 3 is 2.28 bits per heavy atom. The molecule has 0 aromatic heterocycles. The van der Waals surface area contributed by atoms with Crippen LogP contribution in [0.4, 0.5) is 5.69 Å². The van der Waals surface area contributed by atoms with Crippen molar-refractivity contribution in [2.75, 3.05) is 11.9 Å². The van der Waals surface area contributed by atoms with E-state index >= 15 is 0 Å². The molecule has 1 amide bonds. The van der Waals surface area contributed by atoms with Crippen molar-refractivity contribution in [2.24, 2.45) is 0 Å². The smallest absolute Gasteiger partial charge is 0.338 e. The molecule has 0 bridgehead atoms. The molecule has 0 atom stereocenters. The minimum absolute atomic E-state index is 0.314. The molecule has 144 valence electrons. The van der Waals surface area contributed by atoms with Gasteiger partial charge >= 0.3 is 5.97 Å². The van der Waals surface area contributed by atoms with E-state index in [0.717, 1.165) is 16.7 Å². The standard InChI is InChI=1S/C24H20N2O3/c25-15-14-18-10-12-21(13-11-18)26-23(27)17-29-24(28)22-9-5-4-8-20(22)16-19-6-2-1-3-7-19/h1-13H,14,16-17H2,(H,26,27). The molecule has 1 N–H and O–H groups in total. The van der Waals surface area contributed by atoms with Crippen LogP contribution in [0.3, 0.4) is 0 Å². The number of benzene rings is 3. The normalized spacial score (nSPS) is 10.0. The van der Waals surface area contributed by atoms with Crippen LogP contribution < -0.4 is 5.32 Å². The number of amides is 1.